The molecule has 0 unspecified atom stereocenters. The molecule has 0 aliphatic heterocycles. The molecule has 0 aliphatic carbocycles. The van der Waals surface area contributed by atoms with Gasteiger partial charge < -0.3 is 10.4 Å². The minimum atomic E-state index is -0.364. The molecule has 5 nitrogen and oxygen atoms in total. The highest BCUT2D eigenvalue weighted by atomic mass is 16.3. The van der Waals surface area contributed by atoms with Crippen LogP contribution in [0, 0.1) is 0 Å². The highest BCUT2D eigenvalue weighted by Crippen LogP contribution is 2.20. The fourth-order valence-corrected chi connectivity index (χ4v) is 1.61. The predicted molar refractivity (Wildman–Crippen MR) is 70.3 cm³/mol. The van der Waals surface area contributed by atoms with Gasteiger partial charge in [0, 0.05) is 23.6 Å². The first kappa shape index (κ1) is 12.8. The number of anilines is 1. The van der Waals surface area contributed by atoms with Gasteiger partial charge >= 0.3 is 0 Å². The molecule has 2 aromatic rings. The van der Waals surface area contributed by atoms with Crippen molar-refractivity contribution in [3.05, 3.63) is 53.9 Å². The van der Waals surface area contributed by atoms with Crippen LogP contribution in [0.2, 0.25) is 0 Å². The number of carbonyl (C=O) groups excluding carboxylic acids is 2. The first-order valence-corrected chi connectivity index (χ1v) is 5.63. The number of benzene rings is 1. The molecule has 0 aliphatic rings. The van der Waals surface area contributed by atoms with E-state index in [0.717, 1.165) is 0 Å². The Morgan fingerprint density at radius 1 is 1.16 bits per heavy atom. The molecule has 1 aromatic heterocycles. The van der Waals surface area contributed by atoms with Crippen molar-refractivity contribution in [2.24, 2.45) is 0 Å². The number of phenols is 1. The molecule has 2 rings (SSSR count). The number of carbonyl (C=O) groups is 2. The molecule has 0 spiro atoms. The molecule has 0 atom stereocenters. The van der Waals surface area contributed by atoms with Crippen molar-refractivity contribution >= 4 is 17.4 Å². The van der Waals surface area contributed by atoms with E-state index in [1.54, 1.807) is 24.5 Å². The number of aromatic nitrogens is 1. The topological polar surface area (TPSA) is 79.3 Å². The number of nitrogens with one attached hydrogen (secondary N) is 1. The van der Waals surface area contributed by atoms with Crippen LogP contribution in [-0.2, 0) is 0 Å². The fraction of sp³-hybridized carbons (Fsp3) is 0.0714. The zero-order valence-electron chi connectivity index (χ0n) is 10.3. The third kappa shape index (κ3) is 2.95. The van der Waals surface area contributed by atoms with Gasteiger partial charge in [0.1, 0.15) is 5.75 Å². The Balaban J connectivity index is 2.21. The lowest BCUT2D eigenvalue weighted by molar-refractivity contribution is 0.100. The van der Waals surface area contributed by atoms with E-state index in [2.05, 4.69) is 10.3 Å². The van der Waals surface area contributed by atoms with E-state index in [9.17, 15) is 14.7 Å². The quantitative estimate of drug-likeness (QED) is 0.825. The average molecular weight is 256 g/mol. The molecule has 0 radical (unpaired) electrons. The molecular formula is C14H12N2O3. The Kier molecular flexibility index (Phi) is 3.56. The number of nitrogens with zero attached hydrogens (tertiary/aromatic N) is 1. The summed E-state index contributed by atoms with van der Waals surface area (Å²) in [6.45, 7) is 1.35. The van der Waals surface area contributed by atoms with Gasteiger partial charge in [-0.25, -0.2) is 0 Å². The van der Waals surface area contributed by atoms with Crippen molar-refractivity contribution in [2.75, 3.05) is 5.32 Å². The van der Waals surface area contributed by atoms with Crippen LogP contribution in [0.1, 0.15) is 27.6 Å². The number of amides is 1. The molecule has 1 amide bonds. The molecule has 0 bridgehead atoms. The number of pyridine rings is 1. The van der Waals surface area contributed by atoms with Crippen LogP contribution in [-0.4, -0.2) is 21.8 Å². The second kappa shape index (κ2) is 5.30. The Morgan fingerprint density at radius 3 is 2.42 bits per heavy atom. The summed E-state index contributed by atoms with van der Waals surface area (Å²) in [5, 5.41) is 12.3. The summed E-state index contributed by atoms with van der Waals surface area (Å²) in [6.07, 6.45) is 3.12. The number of aromatic hydroxyl groups is 1. The monoisotopic (exact) mass is 256 g/mol. The van der Waals surface area contributed by atoms with Crippen LogP contribution in [0.4, 0.5) is 5.69 Å². The van der Waals surface area contributed by atoms with Crippen LogP contribution in [0.25, 0.3) is 0 Å². The molecule has 0 saturated carbocycles. The maximum absolute atomic E-state index is 11.9. The van der Waals surface area contributed by atoms with E-state index in [0.29, 0.717) is 5.69 Å². The maximum atomic E-state index is 11.9. The van der Waals surface area contributed by atoms with E-state index < -0.39 is 0 Å². The Morgan fingerprint density at radius 2 is 1.84 bits per heavy atom. The van der Waals surface area contributed by atoms with Gasteiger partial charge in [0.05, 0.1) is 5.56 Å². The highest BCUT2D eigenvalue weighted by molar-refractivity contribution is 6.05. The smallest absolute Gasteiger partial charge is 0.255 e. The third-order valence-electron chi connectivity index (χ3n) is 2.58. The predicted octanol–water partition coefficient (Wildman–Crippen LogP) is 2.24. The molecule has 1 aromatic carbocycles. The Hall–Kier alpha value is -2.69. The number of hydrogen-bond acceptors (Lipinski definition) is 4. The van der Waals surface area contributed by atoms with Gasteiger partial charge in [-0.15, -0.1) is 0 Å². The molecule has 0 fully saturated rings. The summed E-state index contributed by atoms with van der Waals surface area (Å²) in [5.74, 6) is -0.815. The lowest BCUT2D eigenvalue weighted by Crippen LogP contribution is -2.12. The molecule has 96 valence electrons. The minimum absolute atomic E-state index is 0.195. The average Bonchev–Trinajstić information content (AvgIpc) is 2.39. The second-order valence-electron chi connectivity index (χ2n) is 3.98. The molecule has 5 heteroatoms. The normalized spacial score (nSPS) is 9.95. The third-order valence-corrected chi connectivity index (χ3v) is 2.58. The van der Waals surface area contributed by atoms with Gasteiger partial charge in [-0.3, -0.25) is 14.6 Å². The van der Waals surface area contributed by atoms with Gasteiger partial charge in [0.2, 0.25) is 0 Å². The van der Waals surface area contributed by atoms with Crippen molar-refractivity contribution < 1.29 is 14.7 Å². The first-order chi connectivity index (χ1) is 9.08. The van der Waals surface area contributed by atoms with Crippen molar-refractivity contribution in [1.82, 2.24) is 4.98 Å². The molecule has 2 N–H and O–H groups in total. The summed E-state index contributed by atoms with van der Waals surface area (Å²) in [7, 11) is 0. The van der Waals surface area contributed by atoms with Crippen LogP contribution in [0.15, 0.2) is 42.7 Å². The summed E-state index contributed by atoms with van der Waals surface area (Å²) in [5.41, 5.74) is 1.08. The van der Waals surface area contributed by atoms with Crippen molar-refractivity contribution in [2.45, 2.75) is 6.92 Å². The van der Waals surface area contributed by atoms with E-state index in [1.165, 1.54) is 25.1 Å². The Labute approximate surface area is 109 Å². The number of phenolic OH excluding ortho intramolecular Hbond substituents is 1. The lowest BCUT2D eigenvalue weighted by atomic mass is 10.1. The summed E-state index contributed by atoms with van der Waals surface area (Å²) in [4.78, 5) is 26.9. The highest BCUT2D eigenvalue weighted by Gasteiger charge is 2.11. The van der Waals surface area contributed by atoms with Crippen LogP contribution < -0.4 is 5.32 Å². The zero-order valence-corrected chi connectivity index (χ0v) is 10.3. The number of rotatable bonds is 3. The summed E-state index contributed by atoms with van der Waals surface area (Å²) < 4.78 is 0. The number of Topliss-reactive ketones (excluding diaryl/α,β-unsaturated/α-hetero) is 1. The first-order valence-electron chi connectivity index (χ1n) is 5.63. The van der Waals surface area contributed by atoms with Crippen molar-refractivity contribution in [3.8, 4) is 5.75 Å². The van der Waals surface area contributed by atoms with E-state index in [1.807, 2.05) is 0 Å². The van der Waals surface area contributed by atoms with Gasteiger partial charge in [0.15, 0.2) is 5.78 Å². The van der Waals surface area contributed by atoms with Crippen LogP contribution in [0.3, 0.4) is 0 Å². The minimum Gasteiger partial charge on any atom is -0.507 e. The number of ketones is 1. The standard InChI is InChI=1S/C14H12N2O3/c1-9(17)12-3-2-10(8-13(12)18)14(19)16-11-4-6-15-7-5-11/h2-8,18H,1H3,(H,15,16,19). The van der Waals surface area contributed by atoms with Gasteiger partial charge in [-0.1, -0.05) is 0 Å². The van der Waals surface area contributed by atoms with Crippen LogP contribution >= 0.6 is 0 Å². The molecule has 1 heterocycles. The van der Waals surface area contributed by atoms with E-state index in [-0.39, 0.29) is 28.6 Å². The van der Waals surface area contributed by atoms with Gasteiger partial charge in [-0.05, 0) is 37.3 Å². The largest absolute Gasteiger partial charge is 0.507 e. The SMILES string of the molecule is CC(=O)c1ccc(C(=O)Nc2ccncc2)cc1O. The fourth-order valence-electron chi connectivity index (χ4n) is 1.61. The maximum Gasteiger partial charge on any atom is 0.255 e. The van der Waals surface area contributed by atoms with Gasteiger partial charge in [0.25, 0.3) is 5.91 Å². The lowest BCUT2D eigenvalue weighted by Gasteiger charge is -2.06. The Bertz CT molecular complexity index is 624. The van der Waals surface area contributed by atoms with Crippen molar-refractivity contribution in [3.63, 3.8) is 0 Å². The van der Waals surface area contributed by atoms with Gasteiger partial charge in [-0.2, -0.15) is 0 Å². The molecule has 0 saturated heterocycles. The zero-order chi connectivity index (χ0) is 13.8. The summed E-state index contributed by atoms with van der Waals surface area (Å²) >= 11 is 0. The second-order valence-corrected chi connectivity index (χ2v) is 3.98. The molecule has 19 heavy (non-hydrogen) atoms. The van der Waals surface area contributed by atoms with Crippen LogP contribution in [0.5, 0.6) is 5.75 Å². The van der Waals surface area contributed by atoms with Crippen molar-refractivity contribution in [1.29, 1.82) is 0 Å². The van der Waals surface area contributed by atoms with E-state index in [4.69, 9.17) is 0 Å². The molecular weight excluding hydrogens is 244 g/mol. The number of hydrogen-bond donors (Lipinski definition) is 2. The van der Waals surface area contributed by atoms with E-state index >= 15 is 0 Å². The summed E-state index contributed by atoms with van der Waals surface area (Å²) in [6, 6.07) is 7.50.